The number of pyridine rings is 2. The molecular formula is C28H28ClF2N7O4. The zero-order valence-corrected chi connectivity index (χ0v) is 23.7. The molecule has 0 aliphatic rings. The maximum atomic E-state index is 13.5. The fourth-order valence-electron chi connectivity index (χ4n) is 4.31. The van der Waals surface area contributed by atoms with E-state index in [4.69, 9.17) is 16.3 Å². The lowest BCUT2D eigenvalue weighted by molar-refractivity contribution is -0.119. The Morgan fingerprint density at radius 2 is 1.90 bits per heavy atom. The van der Waals surface area contributed by atoms with Gasteiger partial charge in [-0.25, -0.2) is 18.4 Å². The lowest BCUT2D eigenvalue weighted by Gasteiger charge is -2.21. The number of alkyl halides is 2. The summed E-state index contributed by atoms with van der Waals surface area (Å²) in [5, 5.41) is 12.9. The predicted octanol–water partition coefficient (Wildman–Crippen LogP) is 4.82. The van der Waals surface area contributed by atoms with Crippen LogP contribution in [0, 0.1) is 0 Å². The maximum absolute atomic E-state index is 13.5. The molecule has 11 nitrogen and oxygen atoms in total. The fourth-order valence-corrected chi connectivity index (χ4v) is 4.49. The van der Waals surface area contributed by atoms with E-state index in [-0.39, 0.29) is 17.4 Å². The second kappa shape index (κ2) is 13.3. The average Bonchev–Trinajstić information content (AvgIpc) is 3.48. The van der Waals surface area contributed by atoms with Crippen LogP contribution in [0.25, 0.3) is 16.8 Å². The van der Waals surface area contributed by atoms with E-state index in [9.17, 15) is 23.2 Å². The summed E-state index contributed by atoms with van der Waals surface area (Å²) >= 11 is 6.27. The smallest absolute Gasteiger partial charge is 0.283 e. The number of rotatable bonds is 11. The van der Waals surface area contributed by atoms with Crippen molar-refractivity contribution in [2.75, 3.05) is 19.5 Å². The number of aromatic nitrogens is 5. The number of carbonyl (C=O) groups excluding carboxylic acids is 2. The van der Waals surface area contributed by atoms with Gasteiger partial charge >= 0.3 is 0 Å². The minimum absolute atomic E-state index is 0.186. The van der Waals surface area contributed by atoms with Crippen LogP contribution in [-0.4, -0.2) is 50.5 Å². The summed E-state index contributed by atoms with van der Waals surface area (Å²) in [4.78, 5) is 42.8. The number of nitrogens with zero attached hydrogens (tertiary/aromatic N) is 5. The monoisotopic (exact) mass is 599 g/mol. The minimum Gasteiger partial charge on any atom is -0.495 e. The first-order chi connectivity index (χ1) is 20.2. The highest BCUT2D eigenvalue weighted by Gasteiger charge is 2.25. The van der Waals surface area contributed by atoms with Gasteiger partial charge in [0.05, 0.1) is 37.1 Å². The normalized spacial score (nSPS) is 11.8. The molecule has 0 aliphatic carbocycles. The first-order valence-corrected chi connectivity index (χ1v) is 13.3. The van der Waals surface area contributed by atoms with E-state index in [1.165, 1.54) is 47.9 Å². The predicted molar refractivity (Wildman–Crippen MR) is 152 cm³/mol. The molecule has 4 aromatic rings. The number of hydrogen-bond acceptors (Lipinski definition) is 7. The lowest BCUT2D eigenvalue weighted by Crippen LogP contribution is -2.33. The van der Waals surface area contributed by atoms with Crippen molar-refractivity contribution in [3.8, 4) is 22.6 Å². The van der Waals surface area contributed by atoms with Gasteiger partial charge in [-0.05, 0) is 36.8 Å². The summed E-state index contributed by atoms with van der Waals surface area (Å²) < 4.78 is 34.4. The van der Waals surface area contributed by atoms with Gasteiger partial charge in [0.2, 0.25) is 5.91 Å². The van der Waals surface area contributed by atoms with E-state index in [0.29, 0.717) is 40.4 Å². The highest BCUT2D eigenvalue weighted by Crippen LogP contribution is 2.36. The summed E-state index contributed by atoms with van der Waals surface area (Å²) in [6.45, 7) is 1.97. The molecule has 220 valence electrons. The van der Waals surface area contributed by atoms with Gasteiger partial charge in [0.25, 0.3) is 17.9 Å². The second-order valence-corrected chi connectivity index (χ2v) is 9.65. The lowest BCUT2D eigenvalue weighted by atomic mass is 10.0. The van der Waals surface area contributed by atoms with Gasteiger partial charge in [-0.15, -0.1) is 5.10 Å². The van der Waals surface area contributed by atoms with Crippen molar-refractivity contribution < 1.29 is 23.1 Å². The molecule has 1 aromatic carbocycles. The maximum Gasteiger partial charge on any atom is 0.283 e. The third-order valence-electron chi connectivity index (χ3n) is 6.45. The molecule has 0 fully saturated rings. The number of ether oxygens (including phenoxy) is 1. The van der Waals surface area contributed by atoms with Crippen LogP contribution in [0.1, 0.15) is 54.8 Å². The number of halogens is 3. The van der Waals surface area contributed by atoms with Crippen LogP contribution >= 0.6 is 11.6 Å². The standard InChI is InChI=1S/C28H28ClF2N7O4/c1-4-5-6-23(28(41)34-17-8-9-20(33-13-17)27(40)32-2)37-15-24(42-3)19(12-25(37)39)18-11-16(29)7-10-22(18)38-14-21(26(30)31)35-36-38/h7-15,23,26H,4-6H2,1-3H3,(H,32,40)(H,34,41)/t23-/m0/s1. The summed E-state index contributed by atoms with van der Waals surface area (Å²) in [5.74, 6) is -0.591. The molecule has 2 amide bonds. The fraction of sp³-hybridized carbons (Fsp3) is 0.286. The molecule has 0 bridgehead atoms. The Kier molecular flexibility index (Phi) is 9.63. The molecule has 0 saturated carbocycles. The Hall–Kier alpha value is -4.65. The molecule has 4 rings (SSSR count). The van der Waals surface area contributed by atoms with Crippen LogP contribution in [0.5, 0.6) is 5.75 Å². The topological polar surface area (TPSA) is 133 Å². The summed E-state index contributed by atoms with van der Waals surface area (Å²) in [6, 6.07) is 8.09. The van der Waals surface area contributed by atoms with Crippen molar-refractivity contribution in [2.24, 2.45) is 0 Å². The zero-order chi connectivity index (χ0) is 30.4. The van der Waals surface area contributed by atoms with E-state index < -0.39 is 29.6 Å². The number of anilines is 1. The van der Waals surface area contributed by atoms with Crippen LogP contribution in [-0.2, 0) is 4.79 Å². The molecule has 0 spiro atoms. The molecule has 0 unspecified atom stereocenters. The van der Waals surface area contributed by atoms with Gasteiger partial charge in [-0.1, -0.05) is 36.6 Å². The van der Waals surface area contributed by atoms with E-state index in [1.54, 1.807) is 24.3 Å². The third-order valence-corrected chi connectivity index (χ3v) is 6.69. The van der Waals surface area contributed by atoms with Crippen molar-refractivity contribution in [3.63, 3.8) is 0 Å². The molecule has 0 radical (unpaired) electrons. The first-order valence-electron chi connectivity index (χ1n) is 13.0. The van der Waals surface area contributed by atoms with E-state index in [2.05, 4.69) is 25.9 Å². The SMILES string of the molecule is CCCC[C@@H](C(=O)Nc1ccc(C(=O)NC)nc1)n1cc(OC)c(-c2cc(Cl)ccc2-n2cc(C(F)F)nn2)cc1=O. The molecule has 14 heteroatoms. The average molecular weight is 600 g/mol. The van der Waals surface area contributed by atoms with Gasteiger partial charge in [0, 0.05) is 29.3 Å². The van der Waals surface area contributed by atoms with Gasteiger partial charge in [-0.2, -0.15) is 0 Å². The summed E-state index contributed by atoms with van der Waals surface area (Å²) in [5.41, 5.74) is 0.550. The first kappa shape index (κ1) is 30.3. The number of nitrogens with one attached hydrogen (secondary N) is 2. The van der Waals surface area contributed by atoms with Crippen LogP contribution in [0.3, 0.4) is 0 Å². The van der Waals surface area contributed by atoms with E-state index in [0.717, 1.165) is 12.6 Å². The van der Waals surface area contributed by atoms with Crippen LogP contribution in [0.2, 0.25) is 5.02 Å². The second-order valence-electron chi connectivity index (χ2n) is 9.21. The Morgan fingerprint density at radius 3 is 2.52 bits per heavy atom. The zero-order valence-electron chi connectivity index (χ0n) is 23.0. The van der Waals surface area contributed by atoms with Crippen molar-refractivity contribution in [2.45, 2.75) is 38.7 Å². The van der Waals surface area contributed by atoms with Crippen LogP contribution < -0.4 is 20.9 Å². The van der Waals surface area contributed by atoms with Crippen molar-refractivity contribution >= 4 is 29.1 Å². The minimum atomic E-state index is -2.82. The molecule has 3 heterocycles. The Labute approximate surface area is 244 Å². The van der Waals surface area contributed by atoms with Gasteiger partial charge < -0.3 is 15.4 Å². The Morgan fingerprint density at radius 1 is 1.12 bits per heavy atom. The van der Waals surface area contributed by atoms with Crippen molar-refractivity contribution in [3.05, 3.63) is 81.8 Å². The van der Waals surface area contributed by atoms with E-state index >= 15 is 0 Å². The number of amides is 2. The van der Waals surface area contributed by atoms with Gasteiger partial charge in [0.1, 0.15) is 23.2 Å². The molecular weight excluding hydrogens is 572 g/mol. The summed E-state index contributed by atoms with van der Waals surface area (Å²) in [7, 11) is 2.89. The molecule has 42 heavy (non-hydrogen) atoms. The highest BCUT2D eigenvalue weighted by molar-refractivity contribution is 6.31. The number of benzene rings is 1. The van der Waals surface area contributed by atoms with Crippen molar-refractivity contribution in [1.29, 1.82) is 0 Å². The number of hydrogen-bond donors (Lipinski definition) is 2. The molecule has 0 saturated heterocycles. The molecule has 2 N–H and O–H groups in total. The van der Waals surface area contributed by atoms with Gasteiger partial charge in [-0.3, -0.25) is 19.0 Å². The molecule has 1 atom stereocenters. The van der Waals surface area contributed by atoms with Crippen LogP contribution in [0.15, 0.2) is 59.8 Å². The van der Waals surface area contributed by atoms with Crippen LogP contribution in [0.4, 0.5) is 14.5 Å². The number of carbonyl (C=O) groups is 2. The largest absolute Gasteiger partial charge is 0.495 e. The quantitative estimate of drug-likeness (QED) is 0.252. The third kappa shape index (κ3) is 6.62. The number of methoxy groups -OCH3 is 1. The summed E-state index contributed by atoms with van der Waals surface area (Å²) in [6.07, 6.45) is 2.85. The Bertz CT molecular complexity index is 1640. The number of unbranched alkanes of at least 4 members (excludes halogenated alkanes) is 1. The van der Waals surface area contributed by atoms with Gasteiger partial charge in [0.15, 0.2) is 0 Å². The molecule has 0 aliphatic heterocycles. The van der Waals surface area contributed by atoms with E-state index in [1.807, 2.05) is 6.92 Å². The van der Waals surface area contributed by atoms with Crippen molar-refractivity contribution in [1.82, 2.24) is 29.9 Å². The molecule has 3 aromatic heterocycles. The highest BCUT2D eigenvalue weighted by atomic mass is 35.5. The Balaban J connectivity index is 1.74.